The molecule has 1 aromatic heterocycles. The summed E-state index contributed by atoms with van der Waals surface area (Å²) >= 11 is 0. The minimum absolute atomic E-state index is 0.545. The Balaban J connectivity index is 1.44. The normalized spacial score (nSPS) is 11.5. The molecule has 5 aromatic carbocycles. The molecule has 0 unspecified atom stereocenters. The Kier molecular flexibility index (Phi) is 5.04. The number of rotatable bonds is 4. The van der Waals surface area contributed by atoms with E-state index < -0.39 is 0 Å². The van der Waals surface area contributed by atoms with E-state index in [0.717, 1.165) is 38.6 Å². The van der Waals surface area contributed by atoms with Crippen molar-refractivity contribution in [3.63, 3.8) is 0 Å². The summed E-state index contributed by atoms with van der Waals surface area (Å²) < 4.78 is 6.57. The van der Waals surface area contributed by atoms with Crippen molar-refractivity contribution >= 4 is 21.9 Å². The fraction of sp³-hybridized carbons (Fsp3) is 0.0909. The van der Waals surface area contributed by atoms with Gasteiger partial charge in [0.25, 0.3) is 0 Å². The average Bonchev–Trinajstić information content (AvgIpc) is 3.28. The van der Waals surface area contributed by atoms with Gasteiger partial charge in [-0.15, -0.1) is 0 Å². The highest BCUT2D eigenvalue weighted by atomic mass is 16.3. The molecule has 164 valence electrons. The fourth-order valence-electron chi connectivity index (χ4n) is 4.80. The van der Waals surface area contributed by atoms with E-state index in [1.54, 1.807) is 0 Å². The van der Waals surface area contributed by atoms with E-state index in [2.05, 4.69) is 123 Å². The zero-order chi connectivity index (χ0) is 23.1. The Bertz CT molecular complexity index is 1590. The van der Waals surface area contributed by atoms with Crippen molar-refractivity contribution in [2.45, 2.75) is 19.8 Å². The number of fused-ring (bicyclic) bond motifs is 3. The van der Waals surface area contributed by atoms with Gasteiger partial charge in [-0.2, -0.15) is 0 Å². The van der Waals surface area contributed by atoms with E-state index in [1.165, 1.54) is 22.3 Å². The van der Waals surface area contributed by atoms with Crippen LogP contribution in [0.1, 0.15) is 25.3 Å². The van der Waals surface area contributed by atoms with E-state index in [4.69, 9.17) is 4.42 Å². The first kappa shape index (κ1) is 20.5. The molecule has 6 aromatic rings. The Morgan fingerprint density at radius 2 is 0.912 bits per heavy atom. The molecule has 0 amide bonds. The van der Waals surface area contributed by atoms with Gasteiger partial charge in [0, 0.05) is 21.9 Å². The third-order valence-electron chi connectivity index (χ3n) is 6.72. The number of furan rings is 1. The number of para-hydroxylation sites is 2. The monoisotopic (exact) mass is 438 g/mol. The zero-order valence-electron chi connectivity index (χ0n) is 19.5. The SMILES string of the molecule is CC(C)c1ccc(-c2ccc(-c3cccc4c3oc3c(-c5ccccc5)cccc34)cc2)cc1. The molecule has 0 atom stereocenters. The van der Waals surface area contributed by atoms with Gasteiger partial charge in [-0.25, -0.2) is 0 Å². The zero-order valence-corrected chi connectivity index (χ0v) is 19.5. The fourth-order valence-corrected chi connectivity index (χ4v) is 4.80. The minimum atomic E-state index is 0.545. The van der Waals surface area contributed by atoms with Crippen molar-refractivity contribution in [3.05, 3.63) is 121 Å². The molecule has 6 rings (SSSR count). The standard InChI is InChI=1S/C33H26O/c1-22(2)23-14-16-24(17-15-23)25-18-20-27(21-19-25)29-11-7-13-31-30-12-6-10-28(32(30)34-33(29)31)26-8-4-3-5-9-26/h3-22H,1-2H3. The molecule has 1 nitrogen and oxygen atoms in total. The summed E-state index contributed by atoms with van der Waals surface area (Å²) in [6.07, 6.45) is 0. The van der Waals surface area contributed by atoms with Crippen LogP contribution in [-0.4, -0.2) is 0 Å². The lowest BCUT2D eigenvalue weighted by Gasteiger charge is -2.08. The molecule has 0 radical (unpaired) electrons. The maximum absolute atomic E-state index is 6.57. The summed E-state index contributed by atoms with van der Waals surface area (Å²) in [5, 5.41) is 2.30. The van der Waals surface area contributed by atoms with E-state index in [1.807, 2.05) is 6.07 Å². The summed E-state index contributed by atoms with van der Waals surface area (Å²) in [7, 11) is 0. The highest BCUT2D eigenvalue weighted by molar-refractivity contribution is 6.13. The lowest BCUT2D eigenvalue weighted by Crippen LogP contribution is -1.87. The molecule has 0 aliphatic carbocycles. The van der Waals surface area contributed by atoms with E-state index >= 15 is 0 Å². The van der Waals surface area contributed by atoms with Crippen LogP contribution in [0.15, 0.2) is 120 Å². The van der Waals surface area contributed by atoms with Crippen LogP contribution in [-0.2, 0) is 0 Å². The Morgan fingerprint density at radius 1 is 0.441 bits per heavy atom. The minimum Gasteiger partial charge on any atom is -0.455 e. The van der Waals surface area contributed by atoms with Gasteiger partial charge in [-0.3, -0.25) is 0 Å². The maximum atomic E-state index is 6.57. The molecule has 1 heterocycles. The maximum Gasteiger partial charge on any atom is 0.143 e. The predicted octanol–water partition coefficient (Wildman–Crippen LogP) is 9.71. The third kappa shape index (κ3) is 3.50. The molecule has 0 saturated carbocycles. The van der Waals surface area contributed by atoms with Gasteiger partial charge >= 0.3 is 0 Å². The molecular formula is C33H26O. The Labute approximate surface area is 200 Å². The molecule has 0 aliphatic heterocycles. The second kappa shape index (κ2) is 8.35. The van der Waals surface area contributed by atoms with Gasteiger partial charge in [0.1, 0.15) is 11.2 Å². The molecule has 34 heavy (non-hydrogen) atoms. The van der Waals surface area contributed by atoms with Crippen molar-refractivity contribution in [2.24, 2.45) is 0 Å². The van der Waals surface area contributed by atoms with Crippen molar-refractivity contribution < 1.29 is 4.42 Å². The van der Waals surface area contributed by atoms with Crippen LogP contribution in [0, 0.1) is 0 Å². The molecular weight excluding hydrogens is 412 g/mol. The average molecular weight is 439 g/mol. The number of hydrogen-bond acceptors (Lipinski definition) is 1. The van der Waals surface area contributed by atoms with Crippen molar-refractivity contribution in [2.75, 3.05) is 0 Å². The van der Waals surface area contributed by atoms with Gasteiger partial charge in [-0.1, -0.05) is 129 Å². The molecule has 0 bridgehead atoms. The summed E-state index contributed by atoms with van der Waals surface area (Å²) in [6.45, 7) is 4.45. The topological polar surface area (TPSA) is 13.1 Å². The first-order chi connectivity index (χ1) is 16.7. The van der Waals surface area contributed by atoms with Crippen LogP contribution in [0.3, 0.4) is 0 Å². The molecule has 0 fully saturated rings. The number of benzene rings is 5. The predicted molar refractivity (Wildman–Crippen MR) is 144 cm³/mol. The summed E-state index contributed by atoms with van der Waals surface area (Å²) in [4.78, 5) is 0. The highest BCUT2D eigenvalue weighted by Gasteiger charge is 2.15. The summed E-state index contributed by atoms with van der Waals surface area (Å²) in [5.74, 6) is 0.545. The van der Waals surface area contributed by atoms with Crippen LogP contribution in [0.25, 0.3) is 55.3 Å². The molecule has 1 heteroatoms. The second-order valence-electron chi connectivity index (χ2n) is 9.19. The van der Waals surface area contributed by atoms with Crippen LogP contribution in [0.4, 0.5) is 0 Å². The Morgan fingerprint density at radius 3 is 1.44 bits per heavy atom. The highest BCUT2D eigenvalue weighted by Crippen LogP contribution is 2.40. The lowest BCUT2D eigenvalue weighted by molar-refractivity contribution is 0.671. The van der Waals surface area contributed by atoms with E-state index in [0.29, 0.717) is 5.92 Å². The first-order valence-electron chi connectivity index (χ1n) is 11.9. The van der Waals surface area contributed by atoms with Gasteiger partial charge in [0.05, 0.1) is 0 Å². The summed E-state index contributed by atoms with van der Waals surface area (Å²) in [5.41, 5.74) is 10.3. The summed E-state index contributed by atoms with van der Waals surface area (Å²) in [6, 6.07) is 41.0. The van der Waals surface area contributed by atoms with Gasteiger partial charge in [0.15, 0.2) is 0 Å². The van der Waals surface area contributed by atoms with Gasteiger partial charge < -0.3 is 4.42 Å². The molecule has 0 aliphatic rings. The molecule has 0 saturated heterocycles. The van der Waals surface area contributed by atoms with Crippen LogP contribution in [0.5, 0.6) is 0 Å². The smallest absolute Gasteiger partial charge is 0.143 e. The van der Waals surface area contributed by atoms with Crippen molar-refractivity contribution in [1.82, 2.24) is 0 Å². The van der Waals surface area contributed by atoms with E-state index in [9.17, 15) is 0 Å². The van der Waals surface area contributed by atoms with Gasteiger partial charge in [-0.05, 0) is 33.7 Å². The van der Waals surface area contributed by atoms with Crippen molar-refractivity contribution in [3.8, 4) is 33.4 Å². The largest absolute Gasteiger partial charge is 0.455 e. The third-order valence-corrected chi connectivity index (χ3v) is 6.72. The second-order valence-corrected chi connectivity index (χ2v) is 9.19. The molecule has 0 spiro atoms. The van der Waals surface area contributed by atoms with Crippen LogP contribution >= 0.6 is 0 Å². The quantitative estimate of drug-likeness (QED) is 0.267. The van der Waals surface area contributed by atoms with Crippen LogP contribution in [0.2, 0.25) is 0 Å². The van der Waals surface area contributed by atoms with Crippen LogP contribution < -0.4 is 0 Å². The van der Waals surface area contributed by atoms with Gasteiger partial charge in [0.2, 0.25) is 0 Å². The lowest BCUT2D eigenvalue weighted by atomic mass is 9.96. The molecule has 0 N–H and O–H groups in total. The Hall–Kier alpha value is -4.10. The number of hydrogen-bond donors (Lipinski definition) is 0. The van der Waals surface area contributed by atoms with E-state index in [-0.39, 0.29) is 0 Å². The van der Waals surface area contributed by atoms with Crippen molar-refractivity contribution in [1.29, 1.82) is 0 Å². The first-order valence-corrected chi connectivity index (χ1v) is 11.9.